The van der Waals surface area contributed by atoms with Gasteiger partial charge >= 0.3 is 0 Å². The topological polar surface area (TPSA) is 97.1 Å². The Morgan fingerprint density at radius 3 is 2.44 bits per heavy atom. The van der Waals surface area contributed by atoms with Crippen molar-refractivity contribution in [3.05, 3.63) is 41.6 Å². The summed E-state index contributed by atoms with van der Waals surface area (Å²) in [6.45, 7) is 0. The maximum atomic E-state index is 13.3. The number of para-hydroxylation sites is 1. The van der Waals surface area contributed by atoms with Crippen LogP contribution in [-0.2, 0) is 10.2 Å². The molecule has 0 unspecified atom stereocenters. The summed E-state index contributed by atoms with van der Waals surface area (Å²) in [6.07, 6.45) is 10.3. The molecule has 0 saturated heterocycles. The molecule has 7 heteroatoms. The molecule has 0 radical (unpaired) electrons. The molecule has 6 rings (SSSR count). The van der Waals surface area contributed by atoms with E-state index in [1.807, 2.05) is 24.5 Å². The van der Waals surface area contributed by atoms with Gasteiger partial charge in [0.2, 0.25) is 0 Å². The lowest BCUT2D eigenvalue weighted by molar-refractivity contribution is -0.123. The molecule has 32 heavy (non-hydrogen) atoms. The fourth-order valence-corrected chi connectivity index (χ4v) is 7.48. The van der Waals surface area contributed by atoms with E-state index < -0.39 is 6.04 Å². The Labute approximate surface area is 193 Å². The maximum absolute atomic E-state index is 13.3. The predicted octanol–water partition coefficient (Wildman–Crippen LogP) is 3.54. The SMILES string of the molecule is CSCC[C@H](NC(=O)c1cc(C23CC4CC(CC(C4)C2)C3)c2ccccc2n1)C(=O)NN. The van der Waals surface area contributed by atoms with Gasteiger partial charge in [-0.25, -0.2) is 10.8 Å². The van der Waals surface area contributed by atoms with Gasteiger partial charge < -0.3 is 5.32 Å². The van der Waals surface area contributed by atoms with Crippen LogP contribution in [0.25, 0.3) is 10.9 Å². The number of aromatic nitrogens is 1. The molecule has 6 nitrogen and oxygen atoms in total. The van der Waals surface area contributed by atoms with Crippen molar-refractivity contribution in [1.82, 2.24) is 15.7 Å². The lowest BCUT2D eigenvalue weighted by atomic mass is 9.48. The van der Waals surface area contributed by atoms with Crippen molar-refractivity contribution in [2.45, 2.75) is 56.4 Å². The quantitative estimate of drug-likeness (QED) is 0.339. The van der Waals surface area contributed by atoms with Crippen LogP contribution in [-0.4, -0.2) is 34.8 Å². The highest BCUT2D eigenvalue weighted by Crippen LogP contribution is 2.61. The molecule has 2 aromatic rings. The first-order valence-corrected chi connectivity index (χ1v) is 13.1. The number of hydrogen-bond donors (Lipinski definition) is 3. The summed E-state index contributed by atoms with van der Waals surface area (Å²) in [4.78, 5) is 30.2. The number of hydrogen-bond acceptors (Lipinski definition) is 5. The molecule has 2 amide bonds. The Morgan fingerprint density at radius 1 is 1.16 bits per heavy atom. The summed E-state index contributed by atoms with van der Waals surface area (Å²) >= 11 is 1.63. The van der Waals surface area contributed by atoms with Crippen LogP contribution in [0.15, 0.2) is 30.3 Å². The van der Waals surface area contributed by atoms with Crippen molar-refractivity contribution >= 4 is 34.5 Å². The minimum atomic E-state index is -0.670. The number of fused-ring (bicyclic) bond motifs is 1. The smallest absolute Gasteiger partial charge is 0.270 e. The van der Waals surface area contributed by atoms with E-state index in [0.29, 0.717) is 12.1 Å². The molecule has 4 N–H and O–H groups in total. The van der Waals surface area contributed by atoms with E-state index in [4.69, 9.17) is 10.8 Å². The lowest BCUT2D eigenvalue weighted by Crippen LogP contribution is -2.50. The average Bonchev–Trinajstić information content (AvgIpc) is 2.79. The average molecular weight is 453 g/mol. The van der Waals surface area contributed by atoms with Gasteiger partial charge in [0.05, 0.1) is 5.52 Å². The number of thioether (sulfide) groups is 1. The first-order valence-electron chi connectivity index (χ1n) is 11.7. The van der Waals surface area contributed by atoms with E-state index in [1.54, 1.807) is 11.8 Å². The van der Waals surface area contributed by atoms with Crippen LogP contribution in [0.4, 0.5) is 0 Å². The summed E-state index contributed by atoms with van der Waals surface area (Å²) in [6, 6.07) is 9.55. The highest BCUT2D eigenvalue weighted by Gasteiger charge is 2.52. The van der Waals surface area contributed by atoms with Crippen molar-refractivity contribution < 1.29 is 9.59 Å². The fourth-order valence-electron chi connectivity index (χ4n) is 7.01. The highest BCUT2D eigenvalue weighted by molar-refractivity contribution is 7.98. The van der Waals surface area contributed by atoms with Gasteiger partial charge in [-0.3, -0.25) is 15.0 Å². The van der Waals surface area contributed by atoms with Crippen LogP contribution in [0, 0.1) is 17.8 Å². The number of benzene rings is 1. The third kappa shape index (κ3) is 3.90. The zero-order chi connectivity index (χ0) is 22.3. The standard InChI is InChI=1S/C25H32N4O2S/c1-32-7-6-21(24(31)29-26)28-23(30)22-11-19(18-4-2-3-5-20(18)27-22)25-12-15-8-16(13-25)10-17(9-15)14-25/h2-5,11,15-17,21H,6-10,12-14,26H2,1H3,(H,28,30)(H,29,31)/t15?,16?,17?,21-,25?/m0/s1. The zero-order valence-corrected chi connectivity index (χ0v) is 19.4. The number of carbonyl (C=O) groups excluding carboxylic acids is 2. The Balaban J connectivity index is 1.51. The second-order valence-corrected chi connectivity index (χ2v) is 11.1. The largest absolute Gasteiger partial charge is 0.339 e. The zero-order valence-electron chi connectivity index (χ0n) is 18.6. The Bertz CT molecular complexity index is 1000. The van der Waals surface area contributed by atoms with E-state index >= 15 is 0 Å². The number of nitrogens with zero attached hydrogens (tertiary/aromatic N) is 1. The summed E-state index contributed by atoms with van der Waals surface area (Å²) in [5.41, 5.74) is 4.87. The van der Waals surface area contributed by atoms with E-state index in [1.165, 1.54) is 49.5 Å². The van der Waals surface area contributed by atoms with Gasteiger partial charge in [-0.05, 0) is 97.8 Å². The van der Waals surface area contributed by atoms with Gasteiger partial charge in [-0.2, -0.15) is 11.8 Å². The molecule has 4 fully saturated rings. The number of hydrazine groups is 1. The molecule has 1 atom stereocenters. The van der Waals surface area contributed by atoms with Crippen LogP contribution < -0.4 is 16.6 Å². The number of nitrogens with two attached hydrogens (primary N) is 1. The van der Waals surface area contributed by atoms with Gasteiger partial charge in [0.1, 0.15) is 11.7 Å². The Hall–Kier alpha value is -2.12. The van der Waals surface area contributed by atoms with Crippen molar-refractivity contribution in [3.8, 4) is 0 Å². The first kappa shape index (κ1) is 21.7. The van der Waals surface area contributed by atoms with E-state index in [2.05, 4.69) is 22.9 Å². The lowest BCUT2D eigenvalue weighted by Gasteiger charge is -2.57. The number of nitrogens with one attached hydrogen (secondary N) is 2. The second-order valence-electron chi connectivity index (χ2n) is 10.1. The minimum absolute atomic E-state index is 0.152. The molecule has 1 aromatic carbocycles. The van der Waals surface area contributed by atoms with Gasteiger partial charge in [0.25, 0.3) is 11.8 Å². The summed E-state index contributed by atoms with van der Waals surface area (Å²) in [5, 5.41) is 4.05. The van der Waals surface area contributed by atoms with Gasteiger partial charge in [-0.15, -0.1) is 0 Å². The van der Waals surface area contributed by atoms with Crippen molar-refractivity contribution in [2.75, 3.05) is 12.0 Å². The van der Waals surface area contributed by atoms with Crippen LogP contribution in [0.5, 0.6) is 0 Å². The molecule has 4 aliphatic rings. The van der Waals surface area contributed by atoms with Crippen LogP contribution >= 0.6 is 11.8 Å². The van der Waals surface area contributed by atoms with Crippen LogP contribution in [0.1, 0.15) is 61.0 Å². The number of amides is 2. The number of carbonyl (C=O) groups is 2. The van der Waals surface area contributed by atoms with Gasteiger partial charge in [0.15, 0.2) is 0 Å². The summed E-state index contributed by atoms with van der Waals surface area (Å²) in [7, 11) is 0. The molecule has 1 aromatic heterocycles. The molecular formula is C25H32N4O2S. The monoisotopic (exact) mass is 452 g/mol. The normalized spacial score (nSPS) is 29.1. The molecule has 0 aliphatic heterocycles. The number of pyridine rings is 1. The van der Waals surface area contributed by atoms with Crippen molar-refractivity contribution in [1.29, 1.82) is 0 Å². The molecular weight excluding hydrogens is 420 g/mol. The number of rotatable bonds is 7. The molecule has 4 aliphatic carbocycles. The van der Waals surface area contributed by atoms with E-state index in [-0.39, 0.29) is 17.2 Å². The van der Waals surface area contributed by atoms with Crippen molar-refractivity contribution in [3.63, 3.8) is 0 Å². The van der Waals surface area contributed by atoms with Crippen LogP contribution in [0.3, 0.4) is 0 Å². The molecule has 1 heterocycles. The molecule has 0 spiro atoms. The first-order chi connectivity index (χ1) is 15.5. The predicted molar refractivity (Wildman–Crippen MR) is 128 cm³/mol. The van der Waals surface area contributed by atoms with Crippen molar-refractivity contribution in [2.24, 2.45) is 23.6 Å². The van der Waals surface area contributed by atoms with Crippen LogP contribution in [0.2, 0.25) is 0 Å². The Kier molecular flexibility index (Phi) is 5.88. The second kappa shape index (κ2) is 8.67. The highest BCUT2D eigenvalue weighted by atomic mass is 32.2. The molecule has 4 bridgehead atoms. The van der Waals surface area contributed by atoms with E-state index in [0.717, 1.165) is 29.0 Å². The van der Waals surface area contributed by atoms with E-state index in [9.17, 15) is 9.59 Å². The molecule has 4 saturated carbocycles. The molecule has 170 valence electrons. The third-order valence-electron chi connectivity index (χ3n) is 7.93. The summed E-state index contributed by atoms with van der Waals surface area (Å²) < 4.78 is 0. The minimum Gasteiger partial charge on any atom is -0.339 e. The fraction of sp³-hybridized carbons (Fsp3) is 0.560. The summed E-state index contributed by atoms with van der Waals surface area (Å²) in [5.74, 6) is 7.86. The Morgan fingerprint density at radius 2 is 1.81 bits per heavy atom. The van der Waals surface area contributed by atoms with Gasteiger partial charge in [0, 0.05) is 5.39 Å². The maximum Gasteiger partial charge on any atom is 0.270 e. The van der Waals surface area contributed by atoms with Gasteiger partial charge in [-0.1, -0.05) is 18.2 Å². The third-order valence-corrected chi connectivity index (χ3v) is 8.58.